The third-order valence-corrected chi connectivity index (χ3v) is 3.63. The second-order valence-electron chi connectivity index (χ2n) is 5.22. The first kappa shape index (κ1) is 15.9. The summed E-state index contributed by atoms with van der Waals surface area (Å²) in [6, 6.07) is 2.98. The van der Waals surface area contributed by atoms with E-state index in [1.54, 1.807) is 0 Å². The van der Waals surface area contributed by atoms with Gasteiger partial charge >= 0.3 is 0 Å². The van der Waals surface area contributed by atoms with Crippen LogP contribution in [0.25, 0.3) is 0 Å². The van der Waals surface area contributed by atoms with E-state index in [4.69, 9.17) is 0 Å². The molecule has 0 spiro atoms. The van der Waals surface area contributed by atoms with Crippen molar-refractivity contribution in [1.82, 2.24) is 10.2 Å². The molecule has 4 nitrogen and oxygen atoms in total. The number of aliphatic hydroxyl groups excluding tert-OH is 1. The molecule has 1 heterocycles. The van der Waals surface area contributed by atoms with Crippen LogP contribution >= 0.6 is 0 Å². The highest BCUT2D eigenvalue weighted by molar-refractivity contribution is 5.76. The standard InChI is InChI=1S/C15H20F2N2O2/c16-11-3-4-13(17)12(9-11)14(20)10-18-6-5-15(21)19-7-1-2-8-19/h3-4,9,14,18,20H,1-2,5-8,10H2. The van der Waals surface area contributed by atoms with Crippen molar-refractivity contribution in [2.24, 2.45) is 0 Å². The molecule has 1 saturated heterocycles. The first-order valence-electron chi connectivity index (χ1n) is 7.19. The van der Waals surface area contributed by atoms with Crippen LogP contribution in [-0.4, -0.2) is 42.1 Å². The molecule has 1 unspecified atom stereocenters. The molecule has 0 radical (unpaired) electrons. The Balaban J connectivity index is 1.72. The lowest BCUT2D eigenvalue weighted by molar-refractivity contribution is -0.130. The zero-order valence-corrected chi connectivity index (χ0v) is 11.8. The number of hydrogen-bond acceptors (Lipinski definition) is 3. The smallest absolute Gasteiger partial charge is 0.223 e. The Bertz CT molecular complexity index is 491. The highest BCUT2D eigenvalue weighted by atomic mass is 19.1. The molecule has 0 aromatic heterocycles. The molecule has 6 heteroatoms. The molecule has 116 valence electrons. The molecule has 1 fully saturated rings. The number of benzene rings is 1. The highest BCUT2D eigenvalue weighted by Gasteiger charge is 2.17. The maximum absolute atomic E-state index is 13.4. The van der Waals surface area contributed by atoms with Gasteiger partial charge in [0.05, 0.1) is 6.10 Å². The van der Waals surface area contributed by atoms with Crippen LogP contribution in [0.2, 0.25) is 0 Å². The van der Waals surface area contributed by atoms with Crippen LogP contribution in [0.5, 0.6) is 0 Å². The molecule has 0 bridgehead atoms. The van der Waals surface area contributed by atoms with Crippen LogP contribution in [0.4, 0.5) is 8.78 Å². The van der Waals surface area contributed by atoms with Gasteiger partial charge in [0.25, 0.3) is 0 Å². The first-order chi connectivity index (χ1) is 10.1. The molecule has 2 rings (SSSR count). The van der Waals surface area contributed by atoms with Crippen molar-refractivity contribution in [3.63, 3.8) is 0 Å². The van der Waals surface area contributed by atoms with Gasteiger partial charge < -0.3 is 15.3 Å². The van der Waals surface area contributed by atoms with Crippen LogP contribution in [0, 0.1) is 11.6 Å². The number of aliphatic hydroxyl groups is 1. The maximum atomic E-state index is 13.4. The van der Waals surface area contributed by atoms with Crippen LogP contribution in [0.15, 0.2) is 18.2 Å². The average molecular weight is 298 g/mol. The lowest BCUT2D eigenvalue weighted by Crippen LogP contribution is -2.32. The largest absolute Gasteiger partial charge is 0.387 e. The quantitative estimate of drug-likeness (QED) is 0.784. The monoisotopic (exact) mass is 298 g/mol. The molecule has 1 aliphatic rings. The van der Waals surface area contributed by atoms with Crippen LogP contribution in [0.3, 0.4) is 0 Å². The minimum Gasteiger partial charge on any atom is -0.387 e. The van der Waals surface area contributed by atoms with Crippen molar-refractivity contribution in [3.05, 3.63) is 35.4 Å². The molecule has 0 aliphatic carbocycles. The van der Waals surface area contributed by atoms with Crippen LogP contribution < -0.4 is 5.32 Å². The van der Waals surface area contributed by atoms with Gasteiger partial charge in [-0.2, -0.15) is 0 Å². The van der Waals surface area contributed by atoms with E-state index in [2.05, 4.69) is 5.32 Å². The van der Waals surface area contributed by atoms with E-state index in [1.165, 1.54) is 0 Å². The Labute approximate surface area is 122 Å². The summed E-state index contributed by atoms with van der Waals surface area (Å²) in [5, 5.41) is 12.7. The Morgan fingerprint density at radius 3 is 2.76 bits per heavy atom. The first-order valence-corrected chi connectivity index (χ1v) is 7.19. The fourth-order valence-corrected chi connectivity index (χ4v) is 2.44. The van der Waals surface area contributed by atoms with E-state index in [0.29, 0.717) is 13.0 Å². The maximum Gasteiger partial charge on any atom is 0.223 e. The molecular weight excluding hydrogens is 278 g/mol. The number of rotatable bonds is 6. The second kappa shape index (κ2) is 7.47. The van der Waals surface area contributed by atoms with Gasteiger partial charge in [-0.1, -0.05) is 0 Å². The predicted octanol–water partition coefficient (Wildman–Crippen LogP) is 1.60. The Kier molecular flexibility index (Phi) is 5.64. The summed E-state index contributed by atoms with van der Waals surface area (Å²) in [7, 11) is 0. The van der Waals surface area contributed by atoms with Gasteiger partial charge in [0.2, 0.25) is 5.91 Å². The molecule has 21 heavy (non-hydrogen) atoms. The second-order valence-corrected chi connectivity index (χ2v) is 5.22. The van der Waals surface area contributed by atoms with Gasteiger partial charge in [0.15, 0.2) is 0 Å². The van der Waals surface area contributed by atoms with E-state index in [9.17, 15) is 18.7 Å². The third kappa shape index (κ3) is 4.47. The minimum atomic E-state index is -1.14. The summed E-state index contributed by atoms with van der Waals surface area (Å²) in [6.45, 7) is 2.11. The Hall–Kier alpha value is -1.53. The van der Waals surface area contributed by atoms with Crippen molar-refractivity contribution >= 4 is 5.91 Å². The Morgan fingerprint density at radius 2 is 2.05 bits per heavy atom. The Morgan fingerprint density at radius 1 is 1.33 bits per heavy atom. The van der Waals surface area contributed by atoms with E-state index in [-0.39, 0.29) is 18.0 Å². The van der Waals surface area contributed by atoms with Gasteiger partial charge in [-0.25, -0.2) is 8.78 Å². The summed E-state index contributed by atoms with van der Waals surface area (Å²) in [4.78, 5) is 13.6. The number of hydrogen-bond donors (Lipinski definition) is 2. The molecule has 1 amide bonds. The summed E-state index contributed by atoms with van der Waals surface area (Å²) in [6.07, 6.45) is 1.31. The molecule has 1 aromatic rings. The number of nitrogens with one attached hydrogen (secondary N) is 1. The van der Waals surface area contributed by atoms with Gasteiger partial charge in [-0.05, 0) is 31.0 Å². The van der Waals surface area contributed by atoms with E-state index < -0.39 is 17.7 Å². The fraction of sp³-hybridized carbons (Fsp3) is 0.533. The van der Waals surface area contributed by atoms with E-state index >= 15 is 0 Å². The van der Waals surface area contributed by atoms with Gasteiger partial charge in [0.1, 0.15) is 11.6 Å². The lowest BCUT2D eigenvalue weighted by Gasteiger charge is -2.16. The van der Waals surface area contributed by atoms with E-state index in [0.717, 1.165) is 44.1 Å². The van der Waals surface area contributed by atoms with Crippen molar-refractivity contribution in [3.8, 4) is 0 Å². The van der Waals surface area contributed by atoms with Crippen LogP contribution in [-0.2, 0) is 4.79 Å². The third-order valence-electron chi connectivity index (χ3n) is 3.63. The number of amides is 1. The molecule has 1 aromatic carbocycles. The summed E-state index contributed by atoms with van der Waals surface area (Å²) in [5.41, 5.74) is -0.0756. The molecule has 2 N–H and O–H groups in total. The van der Waals surface area contributed by atoms with Gasteiger partial charge in [0, 0.05) is 38.2 Å². The number of nitrogens with zero attached hydrogens (tertiary/aromatic N) is 1. The average Bonchev–Trinajstić information content (AvgIpc) is 3.00. The van der Waals surface area contributed by atoms with Crippen molar-refractivity contribution in [2.75, 3.05) is 26.2 Å². The molecule has 0 saturated carbocycles. The fourth-order valence-electron chi connectivity index (χ4n) is 2.44. The number of halogens is 2. The summed E-state index contributed by atoms with van der Waals surface area (Å²) < 4.78 is 26.5. The molecule has 1 aliphatic heterocycles. The predicted molar refractivity (Wildman–Crippen MR) is 74.6 cm³/mol. The lowest BCUT2D eigenvalue weighted by atomic mass is 10.1. The minimum absolute atomic E-state index is 0.0756. The zero-order chi connectivity index (χ0) is 15.2. The van der Waals surface area contributed by atoms with Crippen LogP contribution in [0.1, 0.15) is 30.9 Å². The van der Waals surface area contributed by atoms with Gasteiger partial charge in [-0.3, -0.25) is 4.79 Å². The summed E-state index contributed by atoms with van der Waals surface area (Å²) >= 11 is 0. The summed E-state index contributed by atoms with van der Waals surface area (Å²) in [5.74, 6) is -1.14. The van der Waals surface area contributed by atoms with E-state index in [1.807, 2.05) is 4.90 Å². The number of carbonyl (C=O) groups excluding carboxylic acids is 1. The molecule has 1 atom stereocenters. The van der Waals surface area contributed by atoms with Crippen molar-refractivity contribution in [1.29, 1.82) is 0 Å². The normalized spacial score (nSPS) is 16.2. The number of carbonyl (C=O) groups is 1. The zero-order valence-electron chi connectivity index (χ0n) is 11.8. The highest BCUT2D eigenvalue weighted by Crippen LogP contribution is 2.17. The van der Waals surface area contributed by atoms with Gasteiger partial charge in [-0.15, -0.1) is 0 Å². The number of likely N-dealkylation sites (tertiary alicyclic amines) is 1. The SMILES string of the molecule is O=C(CCNCC(O)c1cc(F)ccc1F)N1CCCC1. The molecular formula is C15H20F2N2O2. The van der Waals surface area contributed by atoms with Crippen molar-refractivity contribution in [2.45, 2.75) is 25.4 Å². The topological polar surface area (TPSA) is 52.6 Å². The van der Waals surface area contributed by atoms with Crippen molar-refractivity contribution < 1.29 is 18.7 Å².